The van der Waals surface area contributed by atoms with Crippen LogP contribution in [0.15, 0.2) is 23.3 Å². The lowest BCUT2D eigenvalue weighted by Crippen LogP contribution is -2.42. The summed E-state index contributed by atoms with van der Waals surface area (Å²) in [5.41, 5.74) is 2.09. The summed E-state index contributed by atoms with van der Waals surface area (Å²) in [7, 11) is -3.15. The quantitative estimate of drug-likeness (QED) is 0.835. The highest BCUT2D eigenvalue weighted by atomic mass is 32.2. The maximum atomic E-state index is 12.6. The first-order valence-corrected chi connectivity index (χ1v) is 11.2. The standard InChI is InChI=1S/C17H18N4O4S2/c1-10-3-2-4-13-15(10)18-17(26-13)19-16(23)12-5-6-14(22)21(20-12)11-7-8-27(24,25)9-11/h2-4,11H,5-9H2,1H3,(H,18,19,23)/t11-/m1/s1. The molecular formula is C17H18N4O4S2. The number of nitrogens with one attached hydrogen (secondary N) is 1. The van der Waals surface area contributed by atoms with Gasteiger partial charge in [-0.1, -0.05) is 23.5 Å². The average Bonchev–Trinajstić information content (AvgIpc) is 3.18. The number of aryl methyl sites for hydroxylation is 1. The van der Waals surface area contributed by atoms with Crippen LogP contribution in [0.5, 0.6) is 0 Å². The first-order valence-electron chi connectivity index (χ1n) is 8.60. The highest BCUT2D eigenvalue weighted by molar-refractivity contribution is 7.91. The molecule has 0 bridgehead atoms. The molecule has 2 amide bonds. The summed E-state index contributed by atoms with van der Waals surface area (Å²) in [5.74, 6) is -0.716. The molecule has 2 aromatic rings. The number of hydrogen-bond acceptors (Lipinski definition) is 7. The van der Waals surface area contributed by atoms with Crippen LogP contribution in [0.25, 0.3) is 10.2 Å². The largest absolute Gasteiger partial charge is 0.297 e. The molecule has 1 fully saturated rings. The molecule has 10 heteroatoms. The number of carbonyl (C=O) groups excluding carboxylic acids is 2. The predicted molar refractivity (Wildman–Crippen MR) is 104 cm³/mol. The zero-order valence-electron chi connectivity index (χ0n) is 14.6. The van der Waals surface area contributed by atoms with E-state index in [-0.39, 0.29) is 36.0 Å². The zero-order chi connectivity index (χ0) is 19.2. The average molecular weight is 406 g/mol. The maximum absolute atomic E-state index is 12.6. The molecule has 1 aromatic carbocycles. The molecule has 142 valence electrons. The maximum Gasteiger partial charge on any atom is 0.273 e. The number of anilines is 1. The zero-order valence-corrected chi connectivity index (χ0v) is 16.3. The van der Waals surface area contributed by atoms with E-state index in [1.165, 1.54) is 16.3 Å². The van der Waals surface area contributed by atoms with Crippen LogP contribution >= 0.6 is 11.3 Å². The van der Waals surface area contributed by atoms with Crippen molar-refractivity contribution in [2.75, 3.05) is 16.8 Å². The number of amides is 2. The normalized spacial score (nSPS) is 22.1. The topological polar surface area (TPSA) is 109 Å². The Morgan fingerprint density at radius 2 is 2.15 bits per heavy atom. The Morgan fingerprint density at radius 1 is 1.33 bits per heavy atom. The highest BCUT2D eigenvalue weighted by Crippen LogP contribution is 2.28. The van der Waals surface area contributed by atoms with Gasteiger partial charge in [0.1, 0.15) is 5.71 Å². The van der Waals surface area contributed by atoms with Crippen molar-refractivity contribution in [2.45, 2.75) is 32.2 Å². The van der Waals surface area contributed by atoms with E-state index in [4.69, 9.17) is 0 Å². The number of aromatic nitrogens is 1. The lowest BCUT2D eigenvalue weighted by molar-refractivity contribution is -0.133. The van der Waals surface area contributed by atoms with Gasteiger partial charge >= 0.3 is 0 Å². The van der Waals surface area contributed by atoms with Crippen molar-refractivity contribution >= 4 is 54.0 Å². The van der Waals surface area contributed by atoms with Gasteiger partial charge in [-0.2, -0.15) is 5.10 Å². The van der Waals surface area contributed by atoms with Crippen LogP contribution in [0.4, 0.5) is 5.13 Å². The summed E-state index contributed by atoms with van der Waals surface area (Å²) in [6.07, 6.45) is 0.718. The van der Waals surface area contributed by atoms with Crippen molar-refractivity contribution in [3.63, 3.8) is 0 Å². The number of thiazole rings is 1. The van der Waals surface area contributed by atoms with Crippen molar-refractivity contribution in [1.82, 2.24) is 9.99 Å². The first-order chi connectivity index (χ1) is 12.8. The van der Waals surface area contributed by atoms with Crippen LogP contribution in [0.3, 0.4) is 0 Å². The second-order valence-corrected chi connectivity index (χ2v) is 10.00. The number of hydrazone groups is 1. The highest BCUT2D eigenvalue weighted by Gasteiger charge is 2.37. The number of carbonyl (C=O) groups is 2. The molecule has 1 atom stereocenters. The molecule has 1 N–H and O–H groups in total. The van der Waals surface area contributed by atoms with Crippen molar-refractivity contribution < 1.29 is 18.0 Å². The molecule has 0 saturated carbocycles. The molecule has 27 heavy (non-hydrogen) atoms. The van der Waals surface area contributed by atoms with Gasteiger partial charge in [0, 0.05) is 12.8 Å². The molecule has 0 spiro atoms. The smallest absolute Gasteiger partial charge is 0.273 e. The van der Waals surface area contributed by atoms with Crippen molar-refractivity contribution in [3.05, 3.63) is 23.8 Å². The Labute approximate surface area is 160 Å². The number of benzene rings is 1. The van der Waals surface area contributed by atoms with Crippen molar-refractivity contribution in [1.29, 1.82) is 0 Å². The van der Waals surface area contributed by atoms with Gasteiger partial charge in [-0.15, -0.1) is 0 Å². The first kappa shape index (κ1) is 18.1. The van der Waals surface area contributed by atoms with Crippen molar-refractivity contribution in [3.8, 4) is 0 Å². The van der Waals surface area contributed by atoms with Crippen LogP contribution in [0, 0.1) is 6.92 Å². The summed E-state index contributed by atoms with van der Waals surface area (Å²) >= 11 is 1.37. The van der Waals surface area contributed by atoms with Crippen LogP contribution in [-0.4, -0.2) is 53.5 Å². The third-order valence-electron chi connectivity index (χ3n) is 4.72. The SMILES string of the molecule is Cc1cccc2sc(NC(=O)C3=NN([C@@H]4CCS(=O)(=O)C4)C(=O)CC3)nc12. The Kier molecular flexibility index (Phi) is 4.47. The fourth-order valence-electron chi connectivity index (χ4n) is 3.30. The molecule has 1 aromatic heterocycles. The summed E-state index contributed by atoms with van der Waals surface area (Å²) in [6.45, 7) is 1.96. The van der Waals surface area contributed by atoms with Gasteiger partial charge in [0.2, 0.25) is 5.91 Å². The molecular weight excluding hydrogens is 388 g/mol. The van der Waals surface area contributed by atoms with E-state index in [1.807, 2.05) is 25.1 Å². The minimum absolute atomic E-state index is 0.0452. The lowest BCUT2D eigenvalue weighted by Gasteiger charge is -2.27. The second kappa shape index (κ2) is 6.68. The van der Waals surface area contributed by atoms with Crippen molar-refractivity contribution in [2.24, 2.45) is 5.10 Å². The van der Waals surface area contributed by atoms with E-state index in [0.29, 0.717) is 11.6 Å². The van der Waals surface area contributed by atoms with E-state index < -0.39 is 21.8 Å². The van der Waals surface area contributed by atoms with E-state index in [0.717, 1.165) is 15.8 Å². The summed E-state index contributed by atoms with van der Waals surface area (Å²) < 4.78 is 24.3. The van der Waals surface area contributed by atoms with E-state index in [9.17, 15) is 18.0 Å². The molecule has 1 saturated heterocycles. The fourth-order valence-corrected chi connectivity index (χ4v) is 5.93. The molecule has 0 aliphatic carbocycles. The second-order valence-electron chi connectivity index (χ2n) is 6.74. The number of nitrogens with zero attached hydrogens (tertiary/aromatic N) is 3. The molecule has 4 rings (SSSR count). The Morgan fingerprint density at radius 3 is 2.85 bits per heavy atom. The fraction of sp³-hybridized carbons (Fsp3) is 0.412. The van der Waals surface area contributed by atoms with Crippen LogP contribution in [0.1, 0.15) is 24.8 Å². The van der Waals surface area contributed by atoms with E-state index in [2.05, 4.69) is 15.4 Å². The van der Waals surface area contributed by atoms with E-state index >= 15 is 0 Å². The monoisotopic (exact) mass is 406 g/mol. The van der Waals surface area contributed by atoms with Gasteiger partial charge in [0.15, 0.2) is 15.0 Å². The Balaban J connectivity index is 1.54. The predicted octanol–water partition coefficient (Wildman–Crippen LogP) is 1.71. The lowest BCUT2D eigenvalue weighted by atomic mass is 10.1. The van der Waals surface area contributed by atoms with Gasteiger partial charge < -0.3 is 0 Å². The van der Waals surface area contributed by atoms with Crippen LogP contribution in [-0.2, 0) is 19.4 Å². The van der Waals surface area contributed by atoms with Gasteiger partial charge in [-0.05, 0) is 25.0 Å². The molecule has 0 radical (unpaired) electrons. The van der Waals surface area contributed by atoms with E-state index in [1.54, 1.807) is 0 Å². The number of hydrogen-bond donors (Lipinski definition) is 1. The molecule has 0 unspecified atom stereocenters. The minimum atomic E-state index is -3.15. The third kappa shape index (κ3) is 3.59. The summed E-state index contributed by atoms with van der Waals surface area (Å²) in [4.78, 5) is 29.2. The summed E-state index contributed by atoms with van der Waals surface area (Å²) in [6, 6.07) is 5.34. The third-order valence-corrected chi connectivity index (χ3v) is 7.40. The molecule has 3 heterocycles. The van der Waals surface area contributed by atoms with Crippen LogP contribution < -0.4 is 5.32 Å². The minimum Gasteiger partial charge on any atom is -0.297 e. The number of para-hydroxylation sites is 1. The van der Waals surface area contributed by atoms with Gasteiger partial charge in [0.05, 0.1) is 27.8 Å². The molecule has 2 aliphatic rings. The van der Waals surface area contributed by atoms with Gasteiger partial charge in [-0.3, -0.25) is 14.9 Å². The number of rotatable bonds is 3. The Bertz CT molecular complexity index is 1070. The van der Waals surface area contributed by atoms with Gasteiger partial charge in [-0.25, -0.2) is 18.4 Å². The number of fused-ring (bicyclic) bond motifs is 1. The van der Waals surface area contributed by atoms with Crippen LogP contribution in [0.2, 0.25) is 0 Å². The molecule has 2 aliphatic heterocycles. The Hall–Kier alpha value is -2.33. The number of sulfone groups is 1. The summed E-state index contributed by atoms with van der Waals surface area (Å²) in [5, 5.41) is 8.59. The van der Waals surface area contributed by atoms with Gasteiger partial charge in [0.25, 0.3) is 5.91 Å². The molecule has 8 nitrogen and oxygen atoms in total.